The number of ether oxygens (including phenoxy) is 1. The monoisotopic (exact) mass is 321 g/mol. The fraction of sp³-hybridized carbons (Fsp3) is 0.294. The topological polar surface area (TPSA) is 41.5 Å². The van der Waals surface area contributed by atoms with Gasteiger partial charge in [0.15, 0.2) is 0 Å². The lowest BCUT2D eigenvalue weighted by Crippen LogP contribution is -2.07. The van der Waals surface area contributed by atoms with Crippen LogP contribution in [0.3, 0.4) is 0 Å². The number of halogens is 1. The molecule has 1 unspecified atom stereocenters. The highest BCUT2D eigenvalue weighted by molar-refractivity contribution is 7.98. The molecular weight excluding hydrogens is 301 g/mol. The Hall–Kier alpha value is -1.72. The summed E-state index contributed by atoms with van der Waals surface area (Å²) in [7, 11) is 0. The number of anilines is 1. The number of hydrogen-bond donors (Lipinski definition) is 2. The van der Waals surface area contributed by atoms with Crippen molar-refractivity contribution < 1.29 is 14.2 Å². The third-order valence-electron chi connectivity index (χ3n) is 3.27. The van der Waals surface area contributed by atoms with Crippen LogP contribution in [-0.2, 0) is 0 Å². The lowest BCUT2D eigenvalue weighted by atomic mass is 10.1. The Kier molecular flexibility index (Phi) is 6.10. The molecule has 0 fully saturated rings. The highest BCUT2D eigenvalue weighted by Crippen LogP contribution is 2.25. The molecule has 2 N–H and O–H groups in total. The number of aliphatic hydroxyl groups excluding tert-OH is 1. The Labute approximate surface area is 134 Å². The molecule has 0 aliphatic rings. The van der Waals surface area contributed by atoms with Gasteiger partial charge >= 0.3 is 0 Å². The van der Waals surface area contributed by atoms with Crippen molar-refractivity contribution in [2.24, 2.45) is 0 Å². The second-order valence-electron chi connectivity index (χ2n) is 4.86. The van der Waals surface area contributed by atoms with Crippen LogP contribution < -0.4 is 10.1 Å². The summed E-state index contributed by atoms with van der Waals surface area (Å²) < 4.78 is 19.1. The Morgan fingerprint density at radius 2 is 1.95 bits per heavy atom. The van der Waals surface area contributed by atoms with E-state index in [4.69, 9.17) is 9.84 Å². The van der Waals surface area contributed by atoms with Gasteiger partial charge in [0.1, 0.15) is 18.2 Å². The second-order valence-corrected chi connectivity index (χ2v) is 5.70. The minimum absolute atomic E-state index is 0.00498. The number of rotatable bonds is 7. The first-order chi connectivity index (χ1) is 10.6. The molecule has 118 valence electrons. The summed E-state index contributed by atoms with van der Waals surface area (Å²) in [5.74, 6) is 0.522. The molecule has 2 rings (SSSR count). The highest BCUT2D eigenvalue weighted by Gasteiger charge is 2.09. The predicted molar refractivity (Wildman–Crippen MR) is 89.2 cm³/mol. The van der Waals surface area contributed by atoms with Crippen LogP contribution in [0.5, 0.6) is 5.75 Å². The average molecular weight is 321 g/mol. The van der Waals surface area contributed by atoms with Gasteiger partial charge < -0.3 is 15.2 Å². The Balaban J connectivity index is 2.02. The molecule has 0 radical (unpaired) electrons. The summed E-state index contributed by atoms with van der Waals surface area (Å²) in [5, 5.41) is 12.0. The normalized spacial score (nSPS) is 12.0. The molecule has 0 saturated heterocycles. The van der Waals surface area contributed by atoms with E-state index in [0.29, 0.717) is 10.6 Å². The van der Waals surface area contributed by atoms with E-state index < -0.39 is 0 Å². The van der Waals surface area contributed by atoms with Gasteiger partial charge in [-0.3, -0.25) is 0 Å². The minimum Gasteiger partial charge on any atom is -0.491 e. The first-order valence-corrected chi connectivity index (χ1v) is 8.30. The molecule has 0 amide bonds. The average Bonchev–Trinajstić information content (AvgIpc) is 2.54. The zero-order valence-corrected chi connectivity index (χ0v) is 13.5. The summed E-state index contributed by atoms with van der Waals surface area (Å²) in [6.45, 7) is 2.27. The van der Waals surface area contributed by atoms with E-state index >= 15 is 0 Å². The molecule has 0 spiro atoms. The van der Waals surface area contributed by atoms with Crippen molar-refractivity contribution in [2.45, 2.75) is 17.9 Å². The summed E-state index contributed by atoms with van der Waals surface area (Å²) in [5.41, 5.74) is 1.83. The highest BCUT2D eigenvalue weighted by atomic mass is 32.2. The number of thioether (sulfide) groups is 1. The largest absolute Gasteiger partial charge is 0.491 e. The minimum atomic E-state index is -0.189. The molecule has 0 bridgehead atoms. The van der Waals surface area contributed by atoms with Gasteiger partial charge in [-0.05, 0) is 55.1 Å². The van der Waals surface area contributed by atoms with Gasteiger partial charge in [-0.2, -0.15) is 0 Å². The van der Waals surface area contributed by atoms with Crippen LogP contribution in [0.1, 0.15) is 18.5 Å². The number of aliphatic hydroxyl groups is 1. The summed E-state index contributed by atoms with van der Waals surface area (Å²) in [6, 6.07) is 12.8. The molecule has 0 aliphatic heterocycles. The molecule has 22 heavy (non-hydrogen) atoms. The summed E-state index contributed by atoms with van der Waals surface area (Å²) in [4.78, 5) is 0.654. The zero-order valence-electron chi connectivity index (χ0n) is 12.7. The van der Waals surface area contributed by atoms with Crippen LogP contribution in [0.4, 0.5) is 10.1 Å². The van der Waals surface area contributed by atoms with Crippen molar-refractivity contribution in [1.82, 2.24) is 0 Å². The molecule has 2 aromatic carbocycles. The SMILES string of the molecule is CSc1ccc(C(C)Nc2ccc(OCCO)cc2)cc1F. The first-order valence-electron chi connectivity index (χ1n) is 7.07. The van der Waals surface area contributed by atoms with Crippen LogP contribution >= 0.6 is 11.8 Å². The Bertz CT molecular complexity index is 604. The molecule has 0 aliphatic carbocycles. The van der Waals surface area contributed by atoms with Crippen LogP contribution in [0.25, 0.3) is 0 Å². The summed E-state index contributed by atoms with van der Waals surface area (Å²) >= 11 is 1.40. The van der Waals surface area contributed by atoms with Crippen molar-refractivity contribution in [3.05, 3.63) is 53.8 Å². The van der Waals surface area contributed by atoms with Crippen molar-refractivity contribution >= 4 is 17.4 Å². The Morgan fingerprint density at radius 3 is 2.55 bits per heavy atom. The molecule has 2 aromatic rings. The zero-order chi connectivity index (χ0) is 15.9. The molecule has 1 atom stereocenters. The van der Waals surface area contributed by atoms with Crippen molar-refractivity contribution in [3.63, 3.8) is 0 Å². The van der Waals surface area contributed by atoms with E-state index in [-0.39, 0.29) is 25.1 Å². The lowest BCUT2D eigenvalue weighted by molar-refractivity contribution is 0.201. The smallest absolute Gasteiger partial charge is 0.137 e. The van der Waals surface area contributed by atoms with Gasteiger partial charge in [-0.1, -0.05) is 6.07 Å². The molecule has 0 aromatic heterocycles. The Morgan fingerprint density at radius 1 is 1.23 bits per heavy atom. The van der Waals surface area contributed by atoms with Gasteiger partial charge in [-0.25, -0.2) is 4.39 Å². The standard InChI is InChI=1S/C17H20FNO2S/c1-12(13-3-8-17(22-2)16(18)11-13)19-14-4-6-15(7-5-14)21-10-9-20/h3-8,11-12,19-20H,9-10H2,1-2H3. The number of nitrogens with one attached hydrogen (secondary N) is 1. The number of benzene rings is 2. The van der Waals surface area contributed by atoms with Crippen LogP contribution in [0, 0.1) is 5.82 Å². The van der Waals surface area contributed by atoms with E-state index in [0.717, 1.165) is 11.3 Å². The van der Waals surface area contributed by atoms with Crippen molar-refractivity contribution in [1.29, 1.82) is 0 Å². The predicted octanol–water partition coefficient (Wildman–Crippen LogP) is 4.09. The van der Waals surface area contributed by atoms with Crippen LogP contribution in [-0.4, -0.2) is 24.6 Å². The second kappa shape index (κ2) is 8.06. The van der Waals surface area contributed by atoms with E-state index in [1.54, 1.807) is 12.1 Å². The van der Waals surface area contributed by atoms with Gasteiger partial charge in [0.2, 0.25) is 0 Å². The molecule has 0 saturated carbocycles. The van der Waals surface area contributed by atoms with E-state index in [9.17, 15) is 4.39 Å². The van der Waals surface area contributed by atoms with E-state index in [1.165, 1.54) is 11.8 Å². The maximum atomic E-state index is 13.8. The first kappa shape index (κ1) is 16.6. The van der Waals surface area contributed by atoms with Crippen molar-refractivity contribution in [2.75, 3.05) is 24.8 Å². The van der Waals surface area contributed by atoms with Crippen LogP contribution in [0.2, 0.25) is 0 Å². The van der Waals surface area contributed by atoms with Gasteiger partial charge in [0, 0.05) is 16.6 Å². The van der Waals surface area contributed by atoms with Gasteiger partial charge in [0.05, 0.1) is 6.61 Å². The molecule has 0 heterocycles. The maximum Gasteiger partial charge on any atom is 0.137 e. The van der Waals surface area contributed by atoms with Crippen LogP contribution in [0.15, 0.2) is 47.4 Å². The van der Waals surface area contributed by atoms with Gasteiger partial charge in [-0.15, -0.1) is 11.8 Å². The quantitative estimate of drug-likeness (QED) is 0.754. The fourth-order valence-corrected chi connectivity index (χ4v) is 2.55. The van der Waals surface area contributed by atoms with E-state index in [1.807, 2.05) is 43.5 Å². The molecule has 3 nitrogen and oxygen atoms in total. The maximum absolute atomic E-state index is 13.8. The molecule has 5 heteroatoms. The molecular formula is C17H20FNO2S. The van der Waals surface area contributed by atoms with E-state index in [2.05, 4.69) is 5.32 Å². The fourth-order valence-electron chi connectivity index (χ4n) is 2.10. The third-order valence-corrected chi connectivity index (χ3v) is 4.04. The van der Waals surface area contributed by atoms with Crippen molar-refractivity contribution in [3.8, 4) is 5.75 Å². The van der Waals surface area contributed by atoms with Gasteiger partial charge in [0.25, 0.3) is 0 Å². The lowest BCUT2D eigenvalue weighted by Gasteiger charge is -2.17. The number of hydrogen-bond acceptors (Lipinski definition) is 4. The third kappa shape index (κ3) is 4.39. The summed E-state index contributed by atoms with van der Waals surface area (Å²) in [6.07, 6.45) is 1.86.